The molecule has 24 heavy (non-hydrogen) atoms. The number of aliphatic hydroxyl groups is 7. The predicted molar refractivity (Wildman–Crippen MR) is 67.6 cm³/mol. The summed E-state index contributed by atoms with van der Waals surface area (Å²) in [7, 11) is 0. The molecule has 2 aliphatic rings. The van der Waals surface area contributed by atoms with Crippen molar-refractivity contribution in [2.24, 2.45) is 0 Å². The fourth-order valence-corrected chi connectivity index (χ4v) is 2.46. The molecule has 10 atom stereocenters. The van der Waals surface area contributed by atoms with Gasteiger partial charge >= 0.3 is 6.04 Å². The molecule has 0 saturated carbocycles. The molecule has 0 aromatic heterocycles. The van der Waals surface area contributed by atoms with Crippen LogP contribution in [0.1, 0.15) is 0 Å². The fourth-order valence-electron chi connectivity index (χ4n) is 2.46. The van der Waals surface area contributed by atoms with Crippen LogP contribution in [0.15, 0.2) is 0 Å². The summed E-state index contributed by atoms with van der Waals surface area (Å²) in [5.74, 6) is 0. The minimum Gasteiger partial charge on any atom is -0.394 e. The van der Waals surface area contributed by atoms with Crippen molar-refractivity contribution in [3.8, 4) is 0 Å². The molecule has 2 fully saturated rings. The Hall–Kier alpha value is -0.540. The Morgan fingerprint density at radius 1 is 0.875 bits per heavy atom. The average Bonchev–Trinajstić information content (AvgIpc) is 2.56. The summed E-state index contributed by atoms with van der Waals surface area (Å²) in [5.41, 5.74) is 0. The van der Waals surface area contributed by atoms with E-state index in [1.54, 1.807) is 0 Å². The van der Waals surface area contributed by atoms with Gasteiger partial charge in [0.15, 0.2) is 6.10 Å². The third-order valence-corrected chi connectivity index (χ3v) is 4.00. The lowest BCUT2D eigenvalue weighted by Crippen LogP contribution is -2.65. The second kappa shape index (κ2) is 7.37. The Labute approximate surface area is 134 Å². The zero-order valence-electron chi connectivity index (χ0n) is 12.2. The normalized spacial score (nSPS) is 53.1. The van der Waals surface area contributed by atoms with Crippen molar-refractivity contribution < 1.29 is 58.7 Å². The van der Waals surface area contributed by atoms with E-state index in [-0.39, 0.29) is 0 Å². The van der Waals surface area contributed by atoms with E-state index in [9.17, 15) is 39.4 Å². The van der Waals surface area contributed by atoms with Crippen molar-refractivity contribution in [2.45, 2.75) is 61.2 Å². The number of halogens is 2. The van der Waals surface area contributed by atoms with Crippen LogP contribution in [-0.2, 0) is 14.2 Å². The van der Waals surface area contributed by atoms with E-state index in [2.05, 4.69) is 14.2 Å². The van der Waals surface area contributed by atoms with E-state index < -0.39 is 74.4 Å². The van der Waals surface area contributed by atoms with Gasteiger partial charge in [-0.2, -0.15) is 4.39 Å². The second-order valence-corrected chi connectivity index (χ2v) is 5.66. The quantitative estimate of drug-likeness (QED) is 0.261. The van der Waals surface area contributed by atoms with Gasteiger partial charge in [0.1, 0.15) is 42.7 Å². The largest absolute Gasteiger partial charge is 0.394 e. The van der Waals surface area contributed by atoms with Crippen molar-refractivity contribution in [2.75, 3.05) is 13.2 Å². The van der Waals surface area contributed by atoms with Gasteiger partial charge in [-0.25, -0.2) is 4.39 Å². The Morgan fingerprint density at radius 2 is 1.46 bits per heavy atom. The lowest BCUT2D eigenvalue weighted by Gasteiger charge is -2.44. The molecule has 2 saturated heterocycles. The molecular formula is C12H20F2O10. The molecule has 2 rings (SSSR count). The van der Waals surface area contributed by atoms with Crippen LogP contribution in [0, 0.1) is 0 Å². The first-order valence-electron chi connectivity index (χ1n) is 7.12. The van der Waals surface area contributed by atoms with Gasteiger partial charge in [-0.15, -0.1) is 0 Å². The zero-order chi connectivity index (χ0) is 18.2. The molecule has 12 heteroatoms. The van der Waals surface area contributed by atoms with Gasteiger partial charge in [-0.1, -0.05) is 0 Å². The molecule has 0 spiro atoms. The van der Waals surface area contributed by atoms with Crippen LogP contribution >= 0.6 is 0 Å². The molecule has 2 heterocycles. The molecular weight excluding hydrogens is 342 g/mol. The number of hydrogen-bond donors (Lipinski definition) is 7. The summed E-state index contributed by atoms with van der Waals surface area (Å²) in [6.07, 6.45) is -17.6. The summed E-state index contributed by atoms with van der Waals surface area (Å²) in [5, 5.41) is 66.0. The van der Waals surface area contributed by atoms with Crippen LogP contribution in [0.5, 0.6) is 0 Å². The van der Waals surface area contributed by atoms with Crippen molar-refractivity contribution in [1.29, 1.82) is 0 Å². The third-order valence-electron chi connectivity index (χ3n) is 4.00. The number of alkyl halides is 2. The molecule has 142 valence electrons. The predicted octanol–water partition coefficient (Wildman–Crippen LogP) is -4.12. The van der Waals surface area contributed by atoms with Gasteiger partial charge in [0.05, 0.1) is 13.2 Å². The van der Waals surface area contributed by atoms with Crippen molar-refractivity contribution in [1.82, 2.24) is 0 Å². The maximum Gasteiger partial charge on any atom is 0.350 e. The molecule has 10 nitrogen and oxygen atoms in total. The van der Waals surface area contributed by atoms with E-state index in [1.807, 2.05) is 0 Å². The molecule has 0 aromatic rings. The first-order chi connectivity index (χ1) is 11.1. The summed E-state index contributed by atoms with van der Waals surface area (Å²) >= 11 is 0. The lowest BCUT2D eigenvalue weighted by atomic mass is 9.98. The van der Waals surface area contributed by atoms with E-state index in [1.165, 1.54) is 0 Å². The summed E-state index contributed by atoms with van der Waals surface area (Å²) in [6.45, 7) is -1.85. The number of rotatable bonds is 4. The Kier molecular flexibility index (Phi) is 6.08. The molecule has 0 amide bonds. The highest BCUT2D eigenvalue weighted by molar-refractivity contribution is 4.93. The van der Waals surface area contributed by atoms with Crippen molar-refractivity contribution in [3.05, 3.63) is 0 Å². The van der Waals surface area contributed by atoms with Crippen LogP contribution in [0.25, 0.3) is 0 Å². The molecule has 0 bridgehead atoms. The first-order valence-corrected chi connectivity index (χ1v) is 7.12. The van der Waals surface area contributed by atoms with Gasteiger partial charge < -0.3 is 50.0 Å². The summed E-state index contributed by atoms with van der Waals surface area (Å²) in [4.78, 5) is 0. The van der Waals surface area contributed by atoms with E-state index in [0.717, 1.165) is 0 Å². The summed E-state index contributed by atoms with van der Waals surface area (Å²) < 4.78 is 41.6. The molecule has 0 unspecified atom stereocenters. The Balaban J connectivity index is 2.04. The minimum absolute atomic E-state index is 0.903. The third kappa shape index (κ3) is 3.53. The number of hydrogen-bond acceptors (Lipinski definition) is 10. The smallest absolute Gasteiger partial charge is 0.350 e. The van der Waals surface area contributed by atoms with E-state index in [4.69, 9.17) is 5.11 Å². The zero-order valence-corrected chi connectivity index (χ0v) is 12.2. The highest BCUT2D eigenvalue weighted by Crippen LogP contribution is 2.33. The maximum absolute atomic E-state index is 14.6. The lowest BCUT2D eigenvalue weighted by molar-refractivity contribution is -0.424. The van der Waals surface area contributed by atoms with E-state index in [0.29, 0.717) is 0 Å². The highest BCUT2D eigenvalue weighted by atomic mass is 19.2. The molecule has 7 N–H and O–H groups in total. The van der Waals surface area contributed by atoms with Gasteiger partial charge in [-0.3, -0.25) is 0 Å². The van der Waals surface area contributed by atoms with E-state index >= 15 is 0 Å². The Morgan fingerprint density at radius 3 is 2.04 bits per heavy atom. The SMILES string of the molecule is OC[C@H]1O[C@@](F)(OC[C@H]2O[C@H](F)[C@H](O)[C@@H](O)[C@H]2O)[C@H](O)[C@@H](O)[C@H]1O. The molecule has 2 aliphatic heterocycles. The minimum atomic E-state index is -3.40. The van der Waals surface area contributed by atoms with Crippen molar-refractivity contribution >= 4 is 0 Å². The van der Waals surface area contributed by atoms with Gasteiger partial charge in [-0.05, 0) is 0 Å². The molecule has 0 radical (unpaired) electrons. The fraction of sp³-hybridized carbons (Fsp3) is 1.00. The van der Waals surface area contributed by atoms with Crippen molar-refractivity contribution in [3.63, 3.8) is 0 Å². The standard InChI is InChI=1S/C12H20F2O10/c13-11-9(20)7(18)6(17)4(23-11)2-22-12(14)10(21)8(19)5(16)3(1-15)24-12/h3-11,15-21H,1-2H2/t3-,4-,5+,6+,7+,8+,9-,10-,11+,12+/m1/s1. The number of ether oxygens (including phenoxy) is 3. The maximum atomic E-state index is 14.6. The average molecular weight is 362 g/mol. The number of aliphatic hydroxyl groups excluding tert-OH is 7. The molecule has 0 aromatic carbocycles. The van der Waals surface area contributed by atoms with Gasteiger partial charge in [0.2, 0.25) is 6.36 Å². The van der Waals surface area contributed by atoms with Crippen LogP contribution in [0.3, 0.4) is 0 Å². The Bertz CT molecular complexity index is 429. The monoisotopic (exact) mass is 362 g/mol. The van der Waals surface area contributed by atoms with Gasteiger partial charge in [0.25, 0.3) is 0 Å². The van der Waals surface area contributed by atoms with Crippen LogP contribution in [0.2, 0.25) is 0 Å². The summed E-state index contributed by atoms with van der Waals surface area (Å²) in [6, 6.07) is -3.40. The van der Waals surface area contributed by atoms with Crippen LogP contribution in [-0.4, -0.2) is 110 Å². The van der Waals surface area contributed by atoms with Gasteiger partial charge in [0, 0.05) is 0 Å². The highest BCUT2D eigenvalue weighted by Gasteiger charge is 2.56. The van der Waals surface area contributed by atoms with Crippen LogP contribution in [0.4, 0.5) is 8.78 Å². The molecule has 0 aliphatic carbocycles. The second-order valence-electron chi connectivity index (χ2n) is 5.66. The topological polar surface area (TPSA) is 169 Å². The first kappa shape index (κ1) is 19.8. The van der Waals surface area contributed by atoms with Crippen LogP contribution < -0.4 is 0 Å².